The second-order valence-corrected chi connectivity index (χ2v) is 5.66. The summed E-state index contributed by atoms with van der Waals surface area (Å²) in [6.45, 7) is 2.20. The second-order valence-electron chi connectivity index (χ2n) is 4.77. The number of aliphatic hydroxyl groups excluding tert-OH is 1. The van der Waals surface area contributed by atoms with Crippen molar-refractivity contribution in [1.82, 2.24) is 9.55 Å². The molecule has 1 aromatic carbocycles. The van der Waals surface area contributed by atoms with Crippen molar-refractivity contribution >= 4 is 21.6 Å². The van der Waals surface area contributed by atoms with Crippen LogP contribution in [0.1, 0.15) is 17.2 Å². The van der Waals surface area contributed by atoms with E-state index in [-0.39, 0.29) is 12.1 Å². The topological polar surface area (TPSA) is 55.1 Å². The summed E-state index contributed by atoms with van der Waals surface area (Å²) in [7, 11) is 0. The monoisotopic (exact) mass is 286 g/mol. The predicted octanol–water partition coefficient (Wildman–Crippen LogP) is 2.50. The van der Waals surface area contributed by atoms with Gasteiger partial charge < -0.3 is 5.11 Å². The van der Waals surface area contributed by atoms with Gasteiger partial charge in [-0.3, -0.25) is 9.36 Å². The highest BCUT2D eigenvalue weighted by molar-refractivity contribution is 7.16. The third-order valence-electron chi connectivity index (χ3n) is 3.28. The molecule has 0 bridgehead atoms. The van der Waals surface area contributed by atoms with E-state index in [1.54, 1.807) is 6.07 Å². The summed E-state index contributed by atoms with van der Waals surface area (Å²) in [4.78, 5) is 17.2. The van der Waals surface area contributed by atoms with Crippen molar-refractivity contribution in [1.29, 1.82) is 0 Å². The Labute approximate surface area is 120 Å². The molecule has 0 aliphatic rings. The van der Waals surface area contributed by atoms with E-state index < -0.39 is 6.10 Å². The van der Waals surface area contributed by atoms with Gasteiger partial charge in [-0.25, -0.2) is 4.98 Å². The van der Waals surface area contributed by atoms with Gasteiger partial charge in [0.15, 0.2) is 0 Å². The number of thiophene rings is 1. The molecule has 1 unspecified atom stereocenters. The van der Waals surface area contributed by atoms with Crippen molar-refractivity contribution in [2.45, 2.75) is 19.6 Å². The van der Waals surface area contributed by atoms with Crippen LogP contribution >= 0.6 is 11.3 Å². The highest BCUT2D eigenvalue weighted by Crippen LogP contribution is 2.17. The molecule has 0 amide bonds. The molecule has 2 aromatic heterocycles. The molecule has 0 aliphatic heterocycles. The van der Waals surface area contributed by atoms with Gasteiger partial charge in [0, 0.05) is 0 Å². The van der Waals surface area contributed by atoms with Gasteiger partial charge in [-0.1, -0.05) is 29.8 Å². The molecular weight excluding hydrogens is 272 g/mol. The summed E-state index contributed by atoms with van der Waals surface area (Å²) in [5.41, 5.74) is 1.83. The maximum absolute atomic E-state index is 12.2. The first kappa shape index (κ1) is 13.0. The molecule has 2 heterocycles. The third-order valence-corrected chi connectivity index (χ3v) is 4.10. The first-order valence-electron chi connectivity index (χ1n) is 6.32. The zero-order valence-corrected chi connectivity index (χ0v) is 11.8. The van der Waals surface area contributed by atoms with Gasteiger partial charge in [0.05, 0.1) is 24.4 Å². The molecule has 1 N–H and O–H groups in total. The van der Waals surface area contributed by atoms with Crippen LogP contribution in [0.5, 0.6) is 0 Å². The Morgan fingerprint density at radius 1 is 1.30 bits per heavy atom. The van der Waals surface area contributed by atoms with Gasteiger partial charge in [-0.05, 0) is 23.9 Å². The van der Waals surface area contributed by atoms with Crippen molar-refractivity contribution in [3.63, 3.8) is 0 Å². The van der Waals surface area contributed by atoms with E-state index in [4.69, 9.17) is 0 Å². The summed E-state index contributed by atoms with van der Waals surface area (Å²) in [5, 5.41) is 12.7. The van der Waals surface area contributed by atoms with Crippen LogP contribution < -0.4 is 5.56 Å². The van der Waals surface area contributed by atoms with Crippen molar-refractivity contribution in [2.75, 3.05) is 0 Å². The molecule has 0 saturated heterocycles. The molecule has 3 rings (SSSR count). The zero-order chi connectivity index (χ0) is 14.1. The number of benzene rings is 1. The van der Waals surface area contributed by atoms with Crippen LogP contribution in [0.25, 0.3) is 10.2 Å². The molecule has 5 heteroatoms. The van der Waals surface area contributed by atoms with Crippen LogP contribution in [0.4, 0.5) is 0 Å². The fraction of sp³-hybridized carbons (Fsp3) is 0.200. The molecule has 0 radical (unpaired) electrons. The Bertz CT molecular complexity index is 789. The average Bonchev–Trinajstić information content (AvgIpc) is 2.92. The highest BCUT2D eigenvalue weighted by Gasteiger charge is 2.11. The smallest absolute Gasteiger partial charge is 0.262 e. The molecule has 0 aliphatic carbocycles. The van der Waals surface area contributed by atoms with Crippen molar-refractivity contribution < 1.29 is 5.11 Å². The first-order chi connectivity index (χ1) is 9.65. The Morgan fingerprint density at radius 3 is 2.80 bits per heavy atom. The zero-order valence-electron chi connectivity index (χ0n) is 11.0. The summed E-state index contributed by atoms with van der Waals surface area (Å²) in [6, 6.07) is 9.41. The van der Waals surface area contributed by atoms with Gasteiger partial charge >= 0.3 is 0 Å². The molecule has 0 spiro atoms. The third kappa shape index (κ3) is 2.37. The van der Waals surface area contributed by atoms with E-state index in [1.165, 1.54) is 22.2 Å². The van der Waals surface area contributed by atoms with Gasteiger partial charge in [0.25, 0.3) is 5.56 Å². The number of hydrogen-bond acceptors (Lipinski definition) is 4. The van der Waals surface area contributed by atoms with E-state index in [0.29, 0.717) is 5.39 Å². The molecule has 0 fully saturated rings. The average molecular weight is 286 g/mol. The minimum absolute atomic E-state index is 0.109. The molecule has 4 nitrogen and oxygen atoms in total. The van der Waals surface area contributed by atoms with Crippen LogP contribution in [-0.2, 0) is 6.54 Å². The Balaban J connectivity index is 1.90. The minimum Gasteiger partial charge on any atom is -0.387 e. The lowest BCUT2D eigenvalue weighted by atomic mass is 10.1. The first-order valence-corrected chi connectivity index (χ1v) is 7.20. The SMILES string of the molecule is Cc1ccc(C(O)Cn2cnc3sccc3c2=O)cc1. The van der Waals surface area contributed by atoms with Crippen LogP contribution in [-0.4, -0.2) is 14.7 Å². The fourth-order valence-corrected chi connectivity index (χ4v) is 2.83. The largest absolute Gasteiger partial charge is 0.387 e. The lowest BCUT2D eigenvalue weighted by molar-refractivity contribution is 0.155. The Kier molecular flexibility index (Phi) is 3.38. The number of fused-ring (bicyclic) bond motifs is 1. The molecule has 3 aromatic rings. The molecule has 0 saturated carbocycles. The standard InChI is InChI=1S/C15H14N2O2S/c1-10-2-4-11(5-3-10)13(18)8-17-9-16-14-12(15(17)19)6-7-20-14/h2-7,9,13,18H,8H2,1H3. The number of rotatable bonds is 3. The molecule has 20 heavy (non-hydrogen) atoms. The van der Waals surface area contributed by atoms with Gasteiger partial charge in [0.2, 0.25) is 0 Å². The van der Waals surface area contributed by atoms with Crippen LogP contribution in [0.2, 0.25) is 0 Å². The molecular formula is C15H14N2O2S. The Hall–Kier alpha value is -1.98. The quantitative estimate of drug-likeness (QED) is 0.805. The number of aryl methyl sites for hydroxylation is 1. The van der Waals surface area contributed by atoms with E-state index in [1.807, 2.05) is 36.6 Å². The van der Waals surface area contributed by atoms with Gasteiger partial charge in [0.1, 0.15) is 4.83 Å². The summed E-state index contributed by atoms with van der Waals surface area (Å²) >= 11 is 1.44. The maximum Gasteiger partial charge on any atom is 0.262 e. The maximum atomic E-state index is 12.2. The number of nitrogens with zero attached hydrogens (tertiary/aromatic N) is 2. The van der Waals surface area contributed by atoms with E-state index in [2.05, 4.69) is 4.98 Å². The lowest BCUT2D eigenvalue weighted by Crippen LogP contribution is -2.23. The van der Waals surface area contributed by atoms with Gasteiger partial charge in [-0.2, -0.15) is 0 Å². The summed E-state index contributed by atoms with van der Waals surface area (Å²) < 4.78 is 1.46. The fourth-order valence-electron chi connectivity index (χ4n) is 2.10. The predicted molar refractivity (Wildman–Crippen MR) is 80.0 cm³/mol. The van der Waals surface area contributed by atoms with Gasteiger partial charge in [-0.15, -0.1) is 11.3 Å². The normalized spacial score (nSPS) is 12.7. The number of aliphatic hydroxyl groups is 1. The number of hydrogen-bond donors (Lipinski definition) is 1. The van der Waals surface area contributed by atoms with Crippen LogP contribution in [0.3, 0.4) is 0 Å². The molecule has 102 valence electrons. The van der Waals surface area contributed by atoms with E-state index in [9.17, 15) is 9.90 Å². The van der Waals surface area contributed by atoms with E-state index >= 15 is 0 Å². The summed E-state index contributed by atoms with van der Waals surface area (Å²) in [5.74, 6) is 0. The second kappa shape index (κ2) is 5.19. The van der Waals surface area contributed by atoms with Crippen LogP contribution in [0.15, 0.2) is 46.8 Å². The highest BCUT2D eigenvalue weighted by atomic mass is 32.1. The summed E-state index contributed by atoms with van der Waals surface area (Å²) in [6.07, 6.45) is 0.782. The van der Waals surface area contributed by atoms with Crippen molar-refractivity contribution in [3.8, 4) is 0 Å². The van der Waals surface area contributed by atoms with Crippen molar-refractivity contribution in [2.24, 2.45) is 0 Å². The van der Waals surface area contributed by atoms with E-state index in [0.717, 1.165) is 16.0 Å². The minimum atomic E-state index is -0.716. The molecule has 1 atom stereocenters. The number of aromatic nitrogens is 2. The Morgan fingerprint density at radius 2 is 2.05 bits per heavy atom. The lowest BCUT2D eigenvalue weighted by Gasteiger charge is -2.13. The van der Waals surface area contributed by atoms with Crippen molar-refractivity contribution in [3.05, 3.63) is 63.5 Å². The van der Waals surface area contributed by atoms with Crippen LogP contribution in [0, 0.1) is 6.92 Å².